The molecule has 7 nitrogen and oxygen atoms in total. The van der Waals surface area contributed by atoms with Gasteiger partial charge in [0, 0.05) is 19.3 Å². The van der Waals surface area contributed by atoms with Crippen LogP contribution in [0, 0.1) is 0 Å². The Morgan fingerprint density at radius 3 is 2.45 bits per heavy atom. The van der Waals surface area contributed by atoms with E-state index in [1.807, 2.05) is 13.8 Å². The van der Waals surface area contributed by atoms with Gasteiger partial charge in [0.15, 0.2) is 0 Å². The maximum absolute atomic E-state index is 12.2. The first kappa shape index (κ1) is 16.4. The molecule has 1 aromatic heterocycles. The summed E-state index contributed by atoms with van der Waals surface area (Å²) in [6, 6.07) is 1.25. The molecule has 0 saturated carbocycles. The zero-order valence-electron chi connectivity index (χ0n) is 11.5. The van der Waals surface area contributed by atoms with Crippen molar-refractivity contribution in [2.24, 2.45) is 0 Å². The molecular weight excluding hydrogens is 282 g/mol. The molecule has 0 aliphatic carbocycles. The van der Waals surface area contributed by atoms with E-state index in [1.165, 1.54) is 22.8 Å². The molecule has 1 aromatic rings. The summed E-state index contributed by atoms with van der Waals surface area (Å²) in [5.74, 6) is -1.21. The van der Waals surface area contributed by atoms with Crippen molar-refractivity contribution in [3.63, 3.8) is 0 Å². The summed E-state index contributed by atoms with van der Waals surface area (Å²) in [5, 5.41) is 9.03. The van der Waals surface area contributed by atoms with Crippen molar-refractivity contribution in [2.45, 2.75) is 26.7 Å². The van der Waals surface area contributed by atoms with E-state index >= 15 is 0 Å². The minimum absolute atomic E-state index is 0.0304. The van der Waals surface area contributed by atoms with Crippen molar-refractivity contribution in [1.29, 1.82) is 0 Å². The molecule has 0 unspecified atom stereocenters. The molecule has 0 fully saturated rings. The third-order valence-corrected chi connectivity index (χ3v) is 4.10. The van der Waals surface area contributed by atoms with Gasteiger partial charge < -0.3 is 5.11 Å². The molecule has 8 heteroatoms. The first-order valence-corrected chi connectivity index (χ1v) is 7.81. The average molecular weight is 301 g/mol. The average Bonchev–Trinajstić information content (AvgIpc) is 2.38. The first-order valence-electron chi connectivity index (χ1n) is 6.37. The van der Waals surface area contributed by atoms with Gasteiger partial charge in [-0.25, -0.2) is 4.79 Å². The number of aromatic carboxylic acids is 1. The lowest BCUT2D eigenvalue weighted by atomic mass is 10.2. The Morgan fingerprint density at radius 1 is 1.35 bits per heavy atom. The van der Waals surface area contributed by atoms with Crippen molar-refractivity contribution in [3.05, 3.63) is 24.0 Å². The zero-order chi connectivity index (χ0) is 15.2. The molecule has 20 heavy (non-hydrogen) atoms. The van der Waals surface area contributed by atoms with Gasteiger partial charge in [0.25, 0.3) is 0 Å². The number of carbonyl (C=O) groups is 1. The second-order valence-corrected chi connectivity index (χ2v) is 5.90. The molecule has 0 radical (unpaired) electrons. The minimum atomic E-state index is -3.78. The summed E-state index contributed by atoms with van der Waals surface area (Å²) in [7, 11) is -3.78. The van der Waals surface area contributed by atoms with Gasteiger partial charge in [0.2, 0.25) is 0 Å². The van der Waals surface area contributed by atoms with E-state index in [2.05, 4.69) is 9.71 Å². The van der Waals surface area contributed by atoms with Crippen LogP contribution in [0.5, 0.6) is 0 Å². The number of carboxylic acid groups (broad SMARTS) is 1. The Balaban J connectivity index is 3.03. The van der Waals surface area contributed by atoms with E-state index in [-0.39, 0.29) is 11.3 Å². The van der Waals surface area contributed by atoms with E-state index in [4.69, 9.17) is 5.11 Å². The summed E-state index contributed by atoms with van der Waals surface area (Å²) < 4.78 is 28.1. The highest BCUT2D eigenvalue weighted by atomic mass is 32.2. The van der Waals surface area contributed by atoms with Gasteiger partial charge in [0.05, 0.1) is 17.4 Å². The number of anilines is 1. The monoisotopic (exact) mass is 301 g/mol. The number of rotatable bonds is 8. The molecule has 2 N–H and O–H groups in total. The van der Waals surface area contributed by atoms with Gasteiger partial charge in [-0.3, -0.25) is 9.71 Å². The molecule has 0 saturated heterocycles. The number of aromatic nitrogens is 1. The van der Waals surface area contributed by atoms with Crippen LogP contribution in [0.4, 0.5) is 5.69 Å². The molecule has 1 rings (SSSR count). The van der Waals surface area contributed by atoms with Gasteiger partial charge in [-0.1, -0.05) is 13.8 Å². The van der Waals surface area contributed by atoms with Crippen LogP contribution in [0.15, 0.2) is 18.5 Å². The normalized spacial score (nSPS) is 11.6. The fraction of sp³-hybridized carbons (Fsp3) is 0.500. The topological polar surface area (TPSA) is 99.6 Å². The summed E-state index contributed by atoms with van der Waals surface area (Å²) >= 11 is 0. The predicted octanol–water partition coefficient (Wildman–Crippen LogP) is 1.56. The fourth-order valence-corrected chi connectivity index (χ4v) is 3.13. The molecule has 0 amide bonds. The van der Waals surface area contributed by atoms with Crippen molar-refractivity contribution in [3.8, 4) is 0 Å². The van der Waals surface area contributed by atoms with E-state index in [0.29, 0.717) is 25.9 Å². The minimum Gasteiger partial charge on any atom is -0.478 e. The summed E-state index contributed by atoms with van der Waals surface area (Å²) in [5.41, 5.74) is -0.159. The Morgan fingerprint density at radius 2 is 1.95 bits per heavy atom. The standard InChI is InChI=1S/C12H19N3O4S/c1-3-7-15(8-4-2)20(18,19)14-11-9-13-6-5-10(11)12(16)17/h5-6,9,14H,3-4,7-8H2,1-2H3,(H,16,17). The van der Waals surface area contributed by atoms with Crippen LogP contribution in [-0.2, 0) is 10.2 Å². The quantitative estimate of drug-likeness (QED) is 0.759. The number of carboxylic acids is 1. The molecule has 1 heterocycles. The van der Waals surface area contributed by atoms with E-state index in [0.717, 1.165) is 0 Å². The van der Waals surface area contributed by atoms with E-state index in [9.17, 15) is 13.2 Å². The molecule has 0 spiro atoms. The van der Waals surface area contributed by atoms with Crippen molar-refractivity contribution in [2.75, 3.05) is 17.8 Å². The van der Waals surface area contributed by atoms with Gasteiger partial charge in [-0.2, -0.15) is 12.7 Å². The van der Waals surface area contributed by atoms with Crippen LogP contribution < -0.4 is 4.72 Å². The fourth-order valence-electron chi connectivity index (χ4n) is 1.72. The summed E-state index contributed by atoms with van der Waals surface area (Å²) in [6.45, 7) is 4.52. The van der Waals surface area contributed by atoms with Crippen LogP contribution in [0.3, 0.4) is 0 Å². The predicted molar refractivity (Wildman–Crippen MR) is 75.9 cm³/mol. The maximum atomic E-state index is 12.2. The Labute approximate surface area is 118 Å². The number of nitrogens with zero attached hydrogens (tertiary/aromatic N) is 2. The third-order valence-electron chi connectivity index (χ3n) is 2.58. The van der Waals surface area contributed by atoms with Crippen LogP contribution in [0.25, 0.3) is 0 Å². The Hall–Kier alpha value is -1.67. The second-order valence-electron chi connectivity index (χ2n) is 4.23. The molecular formula is C12H19N3O4S. The van der Waals surface area contributed by atoms with Gasteiger partial charge >= 0.3 is 16.2 Å². The molecule has 0 aromatic carbocycles. The highest BCUT2D eigenvalue weighted by Gasteiger charge is 2.22. The van der Waals surface area contributed by atoms with Crippen LogP contribution in [0.1, 0.15) is 37.0 Å². The number of hydrogen-bond donors (Lipinski definition) is 2. The molecule has 0 atom stereocenters. The lowest BCUT2D eigenvalue weighted by molar-refractivity contribution is 0.0698. The van der Waals surface area contributed by atoms with Crippen LogP contribution in [0.2, 0.25) is 0 Å². The van der Waals surface area contributed by atoms with E-state index in [1.54, 1.807) is 0 Å². The van der Waals surface area contributed by atoms with Gasteiger partial charge in [-0.05, 0) is 18.9 Å². The molecule has 0 bridgehead atoms. The highest BCUT2D eigenvalue weighted by Crippen LogP contribution is 2.17. The first-order chi connectivity index (χ1) is 9.42. The van der Waals surface area contributed by atoms with Crippen molar-refractivity contribution < 1.29 is 18.3 Å². The van der Waals surface area contributed by atoms with Crippen LogP contribution in [-0.4, -0.2) is 41.9 Å². The molecule has 0 aliphatic rings. The number of nitrogens with one attached hydrogen (secondary N) is 1. The summed E-state index contributed by atoms with van der Waals surface area (Å²) in [6.07, 6.45) is 3.85. The maximum Gasteiger partial charge on any atom is 0.337 e. The summed E-state index contributed by atoms with van der Waals surface area (Å²) in [4.78, 5) is 14.8. The van der Waals surface area contributed by atoms with Gasteiger partial charge in [-0.15, -0.1) is 0 Å². The second kappa shape index (κ2) is 7.20. The molecule has 0 aliphatic heterocycles. The highest BCUT2D eigenvalue weighted by molar-refractivity contribution is 7.90. The Bertz CT molecular complexity index is 554. The van der Waals surface area contributed by atoms with Crippen LogP contribution >= 0.6 is 0 Å². The smallest absolute Gasteiger partial charge is 0.337 e. The number of pyridine rings is 1. The van der Waals surface area contributed by atoms with Crippen molar-refractivity contribution >= 4 is 21.9 Å². The lowest BCUT2D eigenvalue weighted by Gasteiger charge is -2.22. The van der Waals surface area contributed by atoms with Gasteiger partial charge in [0.1, 0.15) is 0 Å². The number of hydrogen-bond acceptors (Lipinski definition) is 4. The molecule has 112 valence electrons. The lowest BCUT2D eigenvalue weighted by Crippen LogP contribution is -2.37. The zero-order valence-corrected chi connectivity index (χ0v) is 12.4. The largest absolute Gasteiger partial charge is 0.478 e. The van der Waals surface area contributed by atoms with Crippen molar-refractivity contribution in [1.82, 2.24) is 9.29 Å². The SMILES string of the molecule is CCCN(CCC)S(=O)(=O)Nc1cnccc1C(=O)O. The third kappa shape index (κ3) is 4.17. The Kier molecular flexibility index (Phi) is 5.90. The van der Waals surface area contributed by atoms with E-state index < -0.39 is 16.2 Å².